The minimum absolute atomic E-state index is 0.0801. The number of nitrogens with two attached hydrogens (primary N) is 1. The van der Waals surface area contributed by atoms with Crippen molar-refractivity contribution < 1.29 is 43.2 Å². The highest BCUT2D eigenvalue weighted by molar-refractivity contribution is 6.23. The Balaban J connectivity index is 2.60. The first-order valence-corrected chi connectivity index (χ1v) is 13.0. The molecular weight excluding hydrogens is 520 g/mol. The lowest BCUT2D eigenvalue weighted by Gasteiger charge is -2.29. The van der Waals surface area contributed by atoms with Gasteiger partial charge in [-0.2, -0.15) is 0 Å². The molecule has 1 aliphatic carbocycles. The number of aliphatic hydroxyl groups is 1. The summed E-state index contributed by atoms with van der Waals surface area (Å²) in [5.41, 5.74) is 6.12. The second kappa shape index (κ2) is 14.7. The molecule has 11 heteroatoms. The smallest absolute Gasteiger partial charge is 0.405 e. The number of amides is 2. The average molecular weight is 561 g/mol. The number of fused-ring (bicyclic) bond motifs is 2. The van der Waals surface area contributed by atoms with E-state index in [0.29, 0.717) is 12.0 Å². The van der Waals surface area contributed by atoms with Crippen LogP contribution < -0.4 is 11.1 Å². The van der Waals surface area contributed by atoms with Gasteiger partial charge in [-0.3, -0.25) is 14.4 Å². The number of methoxy groups -OCH3 is 3. The third-order valence-electron chi connectivity index (χ3n) is 6.95. The van der Waals surface area contributed by atoms with Gasteiger partial charge in [0.1, 0.15) is 6.10 Å². The number of aliphatic hydroxyl groups excluding tert-OH is 1. The van der Waals surface area contributed by atoms with Crippen molar-refractivity contribution in [3.8, 4) is 0 Å². The van der Waals surface area contributed by atoms with Gasteiger partial charge >= 0.3 is 6.09 Å². The van der Waals surface area contributed by atoms with E-state index in [1.807, 2.05) is 6.92 Å². The monoisotopic (exact) mass is 560 g/mol. The third-order valence-corrected chi connectivity index (χ3v) is 6.95. The van der Waals surface area contributed by atoms with E-state index in [4.69, 9.17) is 24.7 Å². The van der Waals surface area contributed by atoms with Gasteiger partial charge in [0.2, 0.25) is 11.6 Å². The van der Waals surface area contributed by atoms with Crippen molar-refractivity contribution in [3.63, 3.8) is 0 Å². The molecule has 4 N–H and O–H groups in total. The van der Waals surface area contributed by atoms with Crippen LogP contribution in [-0.4, -0.2) is 74.4 Å². The summed E-state index contributed by atoms with van der Waals surface area (Å²) in [7, 11) is 4.21. The van der Waals surface area contributed by atoms with E-state index in [1.54, 1.807) is 32.1 Å². The molecule has 0 aromatic heterocycles. The Hall–Kier alpha value is -3.54. The van der Waals surface area contributed by atoms with Crippen molar-refractivity contribution in [1.82, 2.24) is 5.32 Å². The maximum absolute atomic E-state index is 13.3. The van der Waals surface area contributed by atoms with E-state index >= 15 is 0 Å². The number of hydrogen-bond donors (Lipinski definition) is 3. The molecule has 0 aromatic rings. The van der Waals surface area contributed by atoms with Crippen LogP contribution in [0.3, 0.4) is 0 Å². The van der Waals surface area contributed by atoms with E-state index in [9.17, 15) is 24.3 Å². The zero-order valence-electron chi connectivity index (χ0n) is 24.1. The van der Waals surface area contributed by atoms with Crippen LogP contribution in [0.15, 0.2) is 58.6 Å². The maximum atomic E-state index is 13.3. The highest BCUT2D eigenvalue weighted by Crippen LogP contribution is 2.29. The topological polar surface area (TPSA) is 163 Å². The molecule has 6 atom stereocenters. The van der Waals surface area contributed by atoms with Crippen molar-refractivity contribution in [2.75, 3.05) is 21.3 Å². The van der Waals surface area contributed by atoms with E-state index in [0.717, 1.165) is 6.08 Å². The second-order valence-electron chi connectivity index (χ2n) is 10.1. The predicted molar refractivity (Wildman–Crippen MR) is 147 cm³/mol. The minimum atomic E-state index is -1.00. The van der Waals surface area contributed by atoms with Crippen molar-refractivity contribution in [2.45, 2.75) is 65.0 Å². The SMILES string of the molecule is COC1=C2C[C@@H](C)C[C@@H](OC)[C@H](O)[C@H](C)/C=C(\C)[C@H](OC(N)=O)[C@H](OC)/C=C/C=C(/C)C(=O)NC(=CC1=O)C2=O. The van der Waals surface area contributed by atoms with Gasteiger partial charge in [0.25, 0.3) is 5.91 Å². The normalized spacial score (nSPS) is 32.7. The number of allylic oxidation sites excluding steroid dienone is 4. The third kappa shape index (κ3) is 8.23. The van der Waals surface area contributed by atoms with Gasteiger partial charge < -0.3 is 35.1 Å². The zero-order chi connectivity index (χ0) is 30.1. The summed E-state index contributed by atoms with van der Waals surface area (Å²) in [5, 5.41) is 13.7. The number of ether oxygens (including phenoxy) is 4. The molecule has 11 nitrogen and oxygen atoms in total. The Labute approximate surface area is 234 Å². The molecule has 0 spiro atoms. The molecule has 2 amide bonds. The first-order valence-electron chi connectivity index (χ1n) is 13.0. The first kappa shape index (κ1) is 32.7. The van der Waals surface area contributed by atoms with Crippen LogP contribution in [0.5, 0.6) is 0 Å². The van der Waals surface area contributed by atoms with E-state index in [1.165, 1.54) is 34.3 Å². The lowest BCUT2D eigenvalue weighted by Crippen LogP contribution is -2.37. The molecule has 0 unspecified atom stereocenters. The van der Waals surface area contributed by atoms with Gasteiger partial charge in [-0.15, -0.1) is 0 Å². The molecule has 1 aliphatic heterocycles. The van der Waals surface area contributed by atoms with Crippen molar-refractivity contribution >= 4 is 23.6 Å². The molecule has 0 saturated carbocycles. The molecule has 1 heterocycles. The van der Waals surface area contributed by atoms with Crippen LogP contribution in [0.4, 0.5) is 4.79 Å². The van der Waals surface area contributed by atoms with Crippen LogP contribution in [0.2, 0.25) is 0 Å². The number of carbonyl (C=O) groups is 4. The van der Waals surface area contributed by atoms with Gasteiger partial charge in [0.05, 0.1) is 25.0 Å². The van der Waals surface area contributed by atoms with Gasteiger partial charge in [0, 0.05) is 37.4 Å². The van der Waals surface area contributed by atoms with Crippen LogP contribution >= 0.6 is 0 Å². The van der Waals surface area contributed by atoms with Crippen LogP contribution in [0, 0.1) is 11.8 Å². The summed E-state index contributed by atoms with van der Waals surface area (Å²) < 4.78 is 21.7. The van der Waals surface area contributed by atoms with Crippen molar-refractivity contribution in [2.24, 2.45) is 17.6 Å². The molecule has 0 aromatic carbocycles. The van der Waals surface area contributed by atoms with E-state index in [-0.39, 0.29) is 34.9 Å². The fourth-order valence-corrected chi connectivity index (χ4v) is 4.78. The number of ketones is 2. The quantitative estimate of drug-likeness (QED) is 0.346. The van der Waals surface area contributed by atoms with Crippen molar-refractivity contribution in [1.29, 1.82) is 0 Å². The molecule has 2 bridgehead atoms. The van der Waals surface area contributed by atoms with E-state index in [2.05, 4.69) is 5.32 Å². The summed E-state index contributed by atoms with van der Waals surface area (Å²) in [6.45, 7) is 6.92. The lowest BCUT2D eigenvalue weighted by atomic mass is 9.85. The highest BCUT2D eigenvalue weighted by Gasteiger charge is 2.34. The Morgan fingerprint density at radius 2 is 1.77 bits per heavy atom. The maximum Gasteiger partial charge on any atom is 0.405 e. The standard InChI is InChI=1S/C29H40N2O9/c1-15-11-19-25(34)20(14-21(32)27(19)39-7)31-28(35)16(2)9-8-10-22(37-5)26(40-29(30)36)18(4)13-17(3)24(33)23(12-15)38-6/h8-10,13-15,17,22-24,26,33H,11-12H2,1-7H3,(H2,30,36)(H,31,35)/b10-8+,16-9-,18-13+/t15-,17-,22-,23-,24-,26+/m1/s1. The number of hydrogen-bond acceptors (Lipinski definition) is 9. The van der Waals surface area contributed by atoms with Crippen molar-refractivity contribution in [3.05, 3.63) is 58.6 Å². The van der Waals surface area contributed by atoms with E-state index < -0.39 is 53.9 Å². The largest absolute Gasteiger partial charge is 0.492 e. The number of Topliss-reactive ketones (excluding diaryl/α,β-unsaturated/α-hetero) is 1. The van der Waals surface area contributed by atoms with Gasteiger partial charge in [-0.25, -0.2) is 4.79 Å². The summed E-state index contributed by atoms with van der Waals surface area (Å²) in [6, 6.07) is 0. The Morgan fingerprint density at radius 1 is 1.10 bits per heavy atom. The summed E-state index contributed by atoms with van der Waals surface area (Å²) in [6.07, 6.45) is 3.61. The molecule has 40 heavy (non-hydrogen) atoms. The highest BCUT2D eigenvalue weighted by atomic mass is 16.6. The van der Waals surface area contributed by atoms with Crippen LogP contribution in [-0.2, 0) is 33.3 Å². The summed E-state index contributed by atoms with van der Waals surface area (Å²) >= 11 is 0. The first-order chi connectivity index (χ1) is 18.8. The zero-order valence-corrected chi connectivity index (χ0v) is 24.1. The molecule has 0 fully saturated rings. The minimum Gasteiger partial charge on any atom is -0.492 e. The fraction of sp³-hybridized carbons (Fsp3) is 0.517. The molecule has 0 saturated heterocycles. The summed E-state index contributed by atoms with van der Waals surface area (Å²) in [5.74, 6) is -2.39. The lowest BCUT2D eigenvalue weighted by molar-refractivity contribution is -0.120. The van der Waals surface area contributed by atoms with Gasteiger partial charge in [-0.1, -0.05) is 38.2 Å². The van der Waals surface area contributed by atoms with Gasteiger partial charge in [-0.05, 0) is 38.2 Å². The Morgan fingerprint density at radius 3 is 2.35 bits per heavy atom. The number of primary amides is 1. The number of carbonyl (C=O) groups excluding carboxylic acids is 4. The number of rotatable bonds is 4. The molecule has 2 rings (SSSR count). The average Bonchev–Trinajstić information content (AvgIpc) is 2.90. The predicted octanol–water partition coefficient (Wildman–Crippen LogP) is 2.41. The Kier molecular flexibility index (Phi) is 12.0. The Bertz CT molecular complexity index is 1150. The summed E-state index contributed by atoms with van der Waals surface area (Å²) in [4.78, 5) is 50.6. The molecule has 0 radical (unpaired) electrons. The fourth-order valence-electron chi connectivity index (χ4n) is 4.78. The second-order valence-corrected chi connectivity index (χ2v) is 10.1. The number of nitrogens with one attached hydrogen (secondary N) is 1. The van der Waals surface area contributed by atoms with Crippen LogP contribution in [0.25, 0.3) is 0 Å². The molecule has 2 aliphatic rings. The molecule has 220 valence electrons. The molecular formula is C29H40N2O9. The van der Waals surface area contributed by atoms with Gasteiger partial charge in [0.15, 0.2) is 11.9 Å². The van der Waals surface area contributed by atoms with Crippen LogP contribution in [0.1, 0.15) is 40.5 Å².